The van der Waals surface area contributed by atoms with E-state index >= 15 is 0 Å². The maximum Gasteiger partial charge on any atom is 0.340 e. The molecule has 0 atom stereocenters. The fourth-order valence-corrected chi connectivity index (χ4v) is 1.22. The first kappa shape index (κ1) is 10.0. The lowest BCUT2D eigenvalue weighted by Gasteiger charge is -2.02. The second-order valence-electron chi connectivity index (χ2n) is 2.15. The second kappa shape index (κ2) is 3.37. The van der Waals surface area contributed by atoms with Gasteiger partial charge in [0.15, 0.2) is 11.6 Å². The van der Waals surface area contributed by atoms with Crippen molar-refractivity contribution < 1.29 is 23.1 Å². The molecule has 0 saturated heterocycles. The number of carbonyl (C=O) groups is 1. The van der Waals surface area contributed by atoms with Crippen molar-refractivity contribution >= 4 is 21.9 Å². The summed E-state index contributed by atoms with van der Waals surface area (Å²) in [5, 5.41) is 8.39. The third-order valence-electron chi connectivity index (χ3n) is 1.33. The van der Waals surface area contributed by atoms with E-state index in [0.717, 1.165) is 0 Å². The van der Waals surface area contributed by atoms with Gasteiger partial charge < -0.3 is 5.11 Å². The molecule has 0 fully saturated rings. The Labute approximate surface area is 79.1 Å². The molecule has 1 N–H and O–H groups in total. The minimum Gasteiger partial charge on any atom is -0.478 e. The van der Waals surface area contributed by atoms with E-state index in [1.807, 2.05) is 0 Å². The zero-order valence-electron chi connectivity index (χ0n) is 5.94. The van der Waals surface area contributed by atoms with Gasteiger partial charge in [0.1, 0.15) is 11.4 Å². The molecule has 13 heavy (non-hydrogen) atoms. The summed E-state index contributed by atoms with van der Waals surface area (Å²) in [5.41, 5.74) is -1.04. The number of carboxylic acid groups (broad SMARTS) is 1. The lowest BCUT2D eigenvalue weighted by atomic mass is 10.2. The summed E-state index contributed by atoms with van der Waals surface area (Å²) in [6.45, 7) is 0. The summed E-state index contributed by atoms with van der Waals surface area (Å²) in [6.07, 6.45) is 0. The average molecular weight is 255 g/mol. The van der Waals surface area contributed by atoms with E-state index in [2.05, 4.69) is 15.9 Å². The summed E-state index contributed by atoms with van der Waals surface area (Å²) in [7, 11) is 0. The molecule has 0 unspecified atom stereocenters. The number of hydrogen-bond acceptors (Lipinski definition) is 1. The van der Waals surface area contributed by atoms with Crippen LogP contribution in [0.1, 0.15) is 10.4 Å². The standard InChI is InChI=1S/C7H2BrF3O2/c8-5-2(9)1-3(10)6(11)4(5)7(12)13/h1H,(H,12,13). The average Bonchev–Trinajstić information content (AvgIpc) is 2.01. The molecule has 0 amide bonds. The van der Waals surface area contributed by atoms with Crippen LogP contribution >= 0.6 is 15.9 Å². The molecular weight excluding hydrogens is 253 g/mol. The fourth-order valence-electron chi connectivity index (χ4n) is 0.761. The number of aromatic carboxylic acids is 1. The van der Waals surface area contributed by atoms with Gasteiger partial charge in [-0.3, -0.25) is 0 Å². The van der Waals surface area contributed by atoms with Gasteiger partial charge in [0.05, 0.1) is 4.47 Å². The van der Waals surface area contributed by atoms with Gasteiger partial charge in [0, 0.05) is 6.07 Å². The quantitative estimate of drug-likeness (QED) is 0.783. The van der Waals surface area contributed by atoms with Gasteiger partial charge in [0.25, 0.3) is 0 Å². The first-order valence-corrected chi connectivity index (χ1v) is 3.80. The smallest absolute Gasteiger partial charge is 0.340 e. The minimum absolute atomic E-state index is 0.270. The molecule has 0 heterocycles. The van der Waals surface area contributed by atoms with Crippen molar-refractivity contribution in [1.29, 1.82) is 0 Å². The maximum atomic E-state index is 12.7. The van der Waals surface area contributed by atoms with Crippen LogP contribution in [0.4, 0.5) is 13.2 Å². The topological polar surface area (TPSA) is 37.3 Å². The Morgan fingerprint density at radius 2 is 1.85 bits per heavy atom. The molecular formula is C7H2BrF3O2. The molecule has 0 spiro atoms. The van der Waals surface area contributed by atoms with Crippen molar-refractivity contribution in [2.75, 3.05) is 0 Å². The molecule has 1 aromatic rings. The van der Waals surface area contributed by atoms with Crippen molar-refractivity contribution in [1.82, 2.24) is 0 Å². The molecule has 0 saturated carbocycles. The molecule has 0 aliphatic heterocycles. The number of rotatable bonds is 1. The third kappa shape index (κ3) is 1.67. The molecule has 70 valence electrons. The molecule has 0 aliphatic rings. The van der Waals surface area contributed by atoms with Crippen molar-refractivity contribution in [3.8, 4) is 0 Å². The monoisotopic (exact) mass is 254 g/mol. The summed E-state index contributed by atoms with van der Waals surface area (Å²) < 4.78 is 37.3. The van der Waals surface area contributed by atoms with Crippen LogP contribution in [0.15, 0.2) is 10.5 Å². The molecule has 0 aliphatic carbocycles. The van der Waals surface area contributed by atoms with Gasteiger partial charge in [-0.25, -0.2) is 18.0 Å². The van der Waals surface area contributed by atoms with Crippen LogP contribution in [0.3, 0.4) is 0 Å². The number of halogens is 4. The first-order chi connectivity index (χ1) is 5.95. The highest BCUT2D eigenvalue weighted by atomic mass is 79.9. The van der Waals surface area contributed by atoms with E-state index in [-0.39, 0.29) is 6.07 Å². The van der Waals surface area contributed by atoms with Gasteiger partial charge in [-0.2, -0.15) is 0 Å². The molecule has 0 radical (unpaired) electrons. The molecule has 0 aromatic heterocycles. The summed E-state index contributed by atoms with van der Waals surface area (Å²) in [5.74, 6) is -6.00. The van der Waals surface area contributed by atoms with E-state index in [1.165, 1.54) is 0 Å². The summed E-state index contributed by atoms with van der Waals surface area (Å²) in [4.78, 5) is 10.3. The van der Waals surface area contributed by atoms with Gasteiger partial charge in [-0.1, -0.05) is 0 Å². The fraction of sp³-hybridized carbons (Fsp3) is 0. The predicted molar refractivity (Wildman–Crippen MR) is 41.0 cm³/mol. The number of hydrogen-bond donors (Lipinski definition) is 1. The van der Waals surface area contributed by atoms with Crippen molar-refractivity contribution in [3.63, 3.8) is 0 Å². The summed E-state index contributed by atoms with van der Waals surface area (Å²) in [6, 6.07) is 0.270. The number of carboxylic acids is 1. The van der Waals surface area contributed by atoms with E-state index in [9.17, 15) is 18.0 Å². The molecule has 2 nitrogen and oxygen atoms in total. The Morgan fingerprint density at radius 1 is 1.31 bits per heavy atom. The maximum absolute atomic E-state index is 12.7. The van der Waals surface area contributed by atoms with Crippen LogP contribution in [0.5, 0.6) is 0 Å². The summed E-state index contributed by atoms with van der Waals surface area (Å²) >= 11 is 2.50. The molecule has 0 bridgehead atoms. The Morgan fingerprint density at radius 3 is 2.31 bits per heavy atom. The highest BCUT2D eigenvalue weighted by molar-refractivity contribution is 9.10. The highest BCUT2D eigenvalue weighted by Crippen LogP contribution is 2.25. The van der Waals surface area contributed by atoms with Gasteiger partial charge in [-0.15, -0.1) is 0 Å². The Hall–Kier alpha value is -1.04. The van der Waals surface area contributed by atoms with Crippen LogP contribution < -0.4 is 0 Å². The lowest BCUT2D eigenvalue weighted by Crippen LogP contribution is -2.06. The van der Waals surface area contributed by atoms with Crippen molar-refractivity contribution in [2.45, 2.75) is 0 Å². The van der Waals surface area contributed by atoms with Crippen LogP contribution in [0.2, 0.25) is 0 Å². The van der Waals surface area contributed by atoms with Crippen LogP contribution in [0.25, 0.3) is 0 Å². The third-order valence-corrected chi connectivity index (χ3v) is 2.10. The molecule has 1 rings (SSSR count). The minimum atomic E-state index is -1.73. The predicted octanol–water partition coefficient (Wildman–Crippen LogP) is 2.56. The Kier molecular flexibility index (Phi) is 2.60. The van der Waals surface area contributed by atoms with Crippen LogP contribution in [-0.2, 0) is 0 Å². The van der Waals surface area contributed by atoms with E-state index in [1.54, 1.807) is 0 Å². The van der Waals surface area contributed by atoms with Gasteiger partial charge in [-0.05, 0) is 15.9 Å². The van der Waals surface area contributed by atoms with E-state index in [0.29, 0.717) is 0 Å². The molecule has 1 aromatic carbocycles. The Balaban J connectivity index is 3.56. The van der Waals surface area contributed by atoms with Crippen LogP contribution in [-0.4, -0.2) is 11.1 Å². The SMILES string of the molecule is O=C(O)c1c(F)c(F)cc(F)c1Br. The second-order valence-corrected chi connectivity index (χ2v) is 2.94. The van der Waals surface area contributed by atoms with E-state index < -0.39 is 33.5 Å². The van der Waals surface area contributed by atoms with E-state index in [4.69, 9.17) is 5.11 Å². The number of benzene rings is 1. The van der Waals surface area contributed by atoms with Crippen LogP contribution in [0, 0.1) is 17.5 Å². The Bertz CT molecular complexity index is 352. The zero-order valence-corrected chi connectivity index (χ0v) is 7.53. The van der Waals surface area contributed by atoms with Crippen molar-refractivity contribution in [2.24, 2.45) is 0 Å². The molecule has 6 heteroatoms. The van der Waals surface area contributed by atoms with Gasteiger partial charge in [0.2, 0.25) is 0 Å². The zero-order chi connectivity index (χ0) is 10.2. The first-order valence-electron chi connectivity index (χ1n) is 3.01. The van der Waals surface area contributed by atoms with Crippen molar-refractivity contribution in [3.05, 3.63) is 33.6 Å². The highest BCUT2D eigenvalue weighted by Gasteiger charge is 2.22. The normalized spacial score (nSPS) is 10.2. The van der Waals surface area contributed by atoms with Gasteiger partial charge >= 0.3 is 5.97 Å². The largest absolute Gasteiger partial charge is 0.478 e. The lowest BCUT2D eigenvalue weighted by molar-refractivity contribution is 0.0688.